The van der Waals surface area contributed by atoms with Crippen LogP contribution in [-0.2, 0) is 6.42 Å². The Kier molecular flexibility index (Phi) is 11.5. The number of halogens is 2. The zero-order valence-corrected chi connectivity index (χ0v) is 20.0. The summed E-state index contributed by atoms with van der Waals surface area (Å²) in [6, 6.07) is 15.0. The van der Waals surface area contributed by atoms with Crippen LogP contribution in [0.25, 0.3) is 0 Å². The summed E-state index contributed by atoms with van der Waals surface area (Å²) in [6.07, 6.45) is 0.788. The highest BCUT2D eigenvalue weighted by molar-refractivity contribution is 14.0. The van der Waals surface area contributed by atoms with Gasteiger partial charge >= 0.3 is 0 Å². The fraction of sp³-hybridized carbons (Fsp3) is 0.333. The van der Waals surface area contributed by atoms with Gasteiger partial charge in [-0.1, -0.05) is 29.8 Å². The number of amides is 1. The monoisotopic (exact) mass is 530 g/mol. The second kappa shape index (κ2) is 13.3. The summed E-state index contributed by atoms with van der Waals surface area (Å²) < 4.78 is 5.73. The molecule has 6 nitrogen and oxygen atoms in total. The first-order chi connectivity index (χ1) is 13.5. The van der Waals surface area contributed by atoms with Crippen molar-refractivity contribution in [1.82, 2.24) is 15.5 Å². The molecule has 0 spiro atoms. The molecule has 29 heavy (non-hydrogen) atoms. The van der Waals surface area contributed by atoms with Crippen LogP contribution >= 0.6 is 35.6 Å². The highest BCUT2D eigenvalue weighted by Gasteiger charge is 2.07. The summed E-state index contributed by atoms with van der Waals surface area (Å²) in [7, 11) is 5.35. The van der Waals surface area contributed by atoms with Crippen LogP contribution in [-0.4, -0.2) is 57.6 Å². The van der Waals surface area contributed by atoms with Gasteiger partial charge in [0, 0.05) is 38.3 Å². The first kappa shape index (κ1) is 25.0. The third-order valence-electron chi connectivity index (χ3n) is 4.18. The van der Waals surface area contributed by atoms with Crippen molar-refractivity contribution in [3.8, 4) is 5.75 Å². The van der Waals surface area contributed by atoms with Crippen molar-refractivity contribution in [1.29, 1.82) is 0 Å². The number of aliphatic imine (C=N–C) groups is 1. The summed E-state index contributed by atoms with van der Waals surface area (Å²) in [5.74, 6) is 1.46. The molecule has 0 aliphatic carbocycles. The largest absolute Gasteiger partial charge is 0.492 e. The van der Waals surface area contributed by atoms with Gasteiger partial charge in [-0.3, -0.25) is 9.79 Å². The summed E-state index contributed by atoms with van der Waals surface area (Å²) >= 11 is 5.96. The Morgan fingerprint density at radius 2 is 1.97 bits per heavy atom. The fourth-order valence-corrected chi connectivity index (χ4v) is 2.86. The SMILES string of the molecule is CN=C(NCCc1cccc(C(=O)NC)c1)N(C)CCOc1cccc(Cl)c1.I. The van der Waals surface area contributed by atoms with E-state index < -0.39 is 0 Å². The summed E-state index contributed by atoms with van der Waals surface area (Å²) in [5.41, 5.74) is 1.76. The van der Waals surface area contributed by atoms with Crippen LogP contribution in [0.5, 0.6) is 5.75 Å². The zero-order chi connectivity index (χ0) is 20.4. The molecule has 2 aromatic carbocycles. The molecule has 0 bridgehead atoms. The molecule has 8 heteroatoms. The van der Waals surface area contributed by atoms with Gasteiger partial charge in [0.15, 0.2) is 5.96 Å². The number of hydrogen-bond acceptors (Lipinski definition) is 3. The quantitative estimate of drug-likeness (QED) is 0.312. The normalized spacial score (nSPS) is 10.7. The maximum absolute atomic E-state index is 11.7. The Labute approximate surface area is 194 Å². The van der Waals surface area contributed by atoms with Crippen LogP contribution < -0.4 is 15.4 Å². The van der Waals surface area contributed by atoms with E-state index in [0.29, 0.717) is 30.3 Å². The maximum atomic E-state index is 11.7. The van der Waals surface area contributed by atoms with Gasteiger partial charge in [-0.2, -0.15) is 0 Å². The zero-order valence-electron chi connectivity index (χ0n) is 16.9. The lowest BCUT2D eigenvalue weighted by atomic mass is 10.1. The molecule has 0 heterocycles. The van der Waals surface area contributed by atoms with Gasteiger partial charge in [0.05, 0.1) is 6.54 Å². The van der Waals surface area contributed by atoms with Crippen molar-refractivity contribution >= 4 is 47.4 Å². The fourth-order valence-electron chi connectivity index (χ4n) is 2.68. The summed E-state index contributed by atoms with van der Waals surface area (Å²) in [5, 5.41) is 6.63. The summed E-state index contributed by atoms with van der Waals surface area (Å²) in [6.45, 7) is 1.91. The first-order valence-corrected chi connectivity index (χ1v) is 9.52. The van der Waals surface area contributed by atoms with E-state index in [1.807, 2.05) is 54.4 Å². The molecule has 2 aromatic rings. The average molecular weight is 531 g/mol. The highest BCUT2D eigenvalue weighted by atomic mass is 127. The number of nitrogens with zero attached hydrogens (tertiary/aromatic N) is 2. The maximum Gasteiger partial charge on any atom is 0.251 e. The number of ether oxygens (including phenoxy) is 1. The van der Waals surface area contributed by atoms with Gasteiger partial charge in [-0.25, -0.2) is 0 Å². The van der Waals surface area contributed by atoms with E-state index in [0.717, 1.165) is 23.7 Å². The van der Waals surface area contributed by atoms with Crippen LogP contribution in [0.4, 0.5) is 0 Å². The Bertz CT molecular complexity index is 817. The Balaban J connectivity index is 0.00000420. The van der Waals surface area contributed by atoms with E-state index in [1.54, 1.807) is 20.2 Å². The predicted molar refractivity (Wildman–Crippen MR) is 130 cm³/mol. The van der Waals surface area contributed by atoms with Crippen molar-refractivity contribution < 1.29 is 9.53 Å². The van der Waals surface area contributed by atoms with E-state index >= 15 is 0 Å². The Hall–Kier alpha value is -2.00. The third-order valence-corrected chi connectivity index (χ3v) is 4.41. The number of carbonyl (C=O) groups excluding carboxylic acids is 1. The standard InChI is InChI=1S/C21H27ClN4O2.HI/c1-23-20(27)17-7-4-6-16(14-17)10-11-25-21(24-2)26(3)12-13-28-19-9-5-8-18(22)15-19;/h4-9,14-15H,10-13H2,1-3H3,(H,23,27)(H,24,25);1H. The Morgan fingerprint density at radius 3 is 2.66 bits per heavy atom. The lowest BCUT2D eigenvalue weighted by molar-refractivity contribution is 0.0963. The molecule has 0 unspecified atom stereocenters. The number of nitrogens with one attached hydrogen (secondary N) is 2. The van der Waals surface area contributed by atoms with Gasteiger partial charge in [0.2, 0.25) is 0 Å². The molecule has 0 radical (unpaired) electrons. The van der Waals surface area contributed by atoms with Gasteiger partial charge in [0.1, 0.15) is 12.4 Å². The number of guanidine groups is 1. The average Bonchev–Trinajstić information content (AvgIpc) is 2.70. The molecule has 0 aliphatic rings. The van der Waals surface area contributed by atoms with Crippen molar-refractivity contribution in [2.45, 2.75) is 6.42 Å². The minimum atomic E-state index is -0.0787. The molecule has 0 saturated carbocycles. The van der Waals surface area contributed by atoms with E-state index in [1.165, 1.54) is 0 Å². The molecular formula is C21H28ClIN4O2. The molecule has 0 atom stereocenters. The van der Waals surface area contributed by atoms with E-state index in [-0.39, 0.29) is 29.9 Å². The van der Waals surface area contributed by atoms with Gasteiger partial charge in [-0.05, 0) is 42.3 Å². The van der Waals surface area contributed by atoms with Crippen molar-refractivity contribution in [3.63, 3.8) is 0 Å². The lowest BCUT2D eigenvalue weighted by Gasteiger charge is -2.22. The van der Waals surface area contributed by atoms with E-state index in [4.69, 9.17) is 16.3 Å². The van der Waals surface area contributed by atoms with Crippen molar-refractivity contribution in [2.24, 2.45) is 4.99 Å². The van der Waals surface area contributed by atoms with Crippen LogP contribution in [0.2, 0.25) is 5.02 Å². The number of benzene rings is 2. The molecular weight excluding hydrogens is 503 g/mol. The van der Waals surface area contributed by atoms with Crippen LogP contribution in [0.15, 0.2) is 53.5 Å². The smallest absolute Gasteiger partial charge is 0.251 e. The molecule has 158 valence electrons. The van der Waals surface area contributed by atoms with E-state index in [9.17, 15) is 4.79 Å². The van der Waals surface area contributed by atoms with Crippen LogP contribution in [0.1, 0.15) is 15.9 Å². The van der Waals surface area contributed by atoms with Crippen molar-refractivity contribution in [2.75, 3.05) is 40.8 Å². The molecule has 2 N–H and O–H groups in total. The van der Waals surface area contributed by atoms with Crippen LogP contribution in [0, 0.1) is 0 Å². The third kappa shape index (κ3) is 8.49. The van der Waals surface area contributed by atoms with Gasteiger partial charge in [0.25, 0.3) is 5.91 Å². The second-order valence-corrected chi connectivity index (χ2v) is 6.67. The van der Waals surface area contributed by atoms with Gasteiger partial charge in [-0.15, -0.1) is 24.0 Å². The molecule has 2 rings (SSSR count). The highest BCUT2D eigenvalue weighted by Crippen LogP contribution is 2.16. The number of hydrogen-bond donors (Lipinski definition) is 2. The number of rotatable bonds is 8. The topological polar surface area (TPSA) is 66.0 Å². The Morgan fingerprint density at radius 1 is 1.21 bits per heavy atom. The minimum absolute atomic E-state index is 0. The number of carbonyl (C=O) groups is 1. The first-order valence-electron chi connectivity index (χ1n) is 9.14. The predicted octanol–water partition coefficient (Wildman–Crippen LogP) is 3.45. The molecule has 0 aliphatic heterocycles. The molecule has 1 amide bonds. The molecule has 0 saturated heterocycles. The van der Waals surface area contributed by atoms with Crippen LogP contribution in [0.3, 0.4) is 0 Å². The molecule has 0 fully saturated rings. The molecule has 0 aromatic heterocycles. The second-order valence-electron chi connectivity index (χ2n) is 6.23. The number of likely N-dealkylation sites (N-methyl/N-ethyl adjacent to an activating group) is 1. The van der Waals surface area contributed by atoms with Crippen molar-refractivity contribution in [3.05, 3.63) is 64.7 Å². The minimum Gasteiger partial charge on any atom is -0.492 e. The summed E-state index contributed by atoms with van der Waals surface area (Å²) in [4.78, 5) is 18.0. The van der Waals surface area contributed by atoms with Gasteiger partial charge < -0.3 is 20.3 Å². The lowest BCUT2D eigenvalue weighted by Crippen LogP contribution is -2.41. The van der Waals surface area contributed by atoms with E-state index in [2.05, 4.69) is 15.6 Å².